The van der Waals surface area contributed by atoms with Crippen molar-refractivity contribution in [2.24, 2.45) is 5.73 Å². The summed E-state index contributed by atoms with van der Waals surface area (Å²) in [5.41, 5.74) is 16.0. The molecule has 2 fully saturated rings. The van der Waals surface area contributed by atoms with Crippen molar-refractivity contribution in [3.63, 3.8) is 0 Å². The molecule has 1 spiro atoms. The number of fused-ring (bicyclic) bond motifs is 2. The van der Waals surface area contributed by atoms with Crippen LogP contribution in [0.2, 0.25) is 0 Å². The Labute approximate surface area is 202 Å². The van der Waals surface area contributed by atoms with Gasteiger partial charge in [0, 0.05) is 48.6 Å². The van der Waals surface area contributed by atoms with E-state index in [1.54, 1.807) is 0 Å². The molecule has 5 N–H and O–H groups in total. The SMILES string of the molecule is Cc1ccc2c(N)c(C(=O)N[C@H]3COc4cc(N5CC[C@@]6(C5)OCC[C@@H]6N)ccc4C3)sc2n1. The second-order valence-corrected chi connectivity index (χ2v) is 10.6. The number of carbonyl (C=O) groups is 1. The summed E-state index contributed by atoms with van der Waals surface area (Å²) < 4.78 is 12.1. The Balaban J connectivity index is 1.14. The van der Waals surface area contributed by atoms with Gasteiger partial charge in [0.2, 0.25) is 0 Å². The van der Waals surface area contributed by atoms with Crippen LogP contribution in [0.25, 0.3) is 10.2 Å². The fourth-order valence-electron chi connectivity index (χ4n) is 5.37. The average Bonchev–Trinajstić information content (AvgIpc) is 3.51. The van der Waals surface area contributed by atoms with E-state index in [2.05, 4.69) is 33.4 Å². The summed E-state index contributed by atoms with van der Waals surface area (Å²) in [6.07, 6.45) is 2.59. The standard InChI is InChI=1S/C25H29N5O3S/c1-14-2-5-18-21(27)22(34-24(18)28-14)23(31)29-16-10-15-3-4-17(11-19(15)32-12-16)30-8-7-25(13-30)20(26)6-9-33-25/h2-5,11,16,20H,6-10,12-13,26-27H2,1H3,(H,29,31)/t16-,20+,25+/m1/s1. The van der Waals surface area contributed by atoms with Crippen LogP contribution in [-0.4, -0.2) is 54.9 Å². The van der Waals surface area contributed by atoms with Crippen LogP contribution in [0.3, 0.4) is 0 Å². The van der Waals surface area contributed by atoms with Crippen LogP contribution in [0.15, 0.2) is 30.3 Å². The Hall–Kier alpha value is -2.88. The van der Waals surface area contributed by atoms with Crippen LogP contribution >= 0.6 is 11.3 Å². The first kappa shape index (κ1) is 21.6. The number of pyridine rings is 1. The van der Waals surface area contributed by atoms with Crippen LogP contribution in [0.5, 0.6) is 5.75 Å². The predicted octanol–water partition coefficient (Wildman–Crippen LogP) is 2.62. The van der Waals surface area contributed by atoms with Gasteiger partial charge in [-0.25, -0.2) is 4.98 Å². The van der Waals surface area contributed by atoms with E-state index in [0.29, 0.717) is 23.6 Å². The van der Waals surface area contributed by atoms with E-state index in [0.717, 1.165) is 65.4 Å². The summed E-state index contributed by atoms with van der Waals surface area (Å²) in [5, 5.41) is 3.92. The molecule has 3 aliphatic rings. The Morgan fingerprint density at radius 3 is 3.03 bits per heavy atom. The number of ether oxygens (including phenoxy) is 2. The van der Waals surface area contributed by atoms with Crippen LogP contribution in [0.4, 0.5) is 11.4 Å². The first-order valence-corrected chi connectivity index (χ1v) is 12.6. The molecule has 0 saturated carbocycles. The lowest BCUT2D eigenvalue weighted by Crippen LogP contribution is -2.47. The summed E-state index contributed by atoms with van der Waals surface area (Å²) in [7, 11) is 0. The first-order chi connectivity index (χ1) is 16.4. The van der Waals surface area contributed by atoms with Gasteiger partial charge in [-0.05, 0) is 49.9 Å². The third kappa shape index (κ3) is 3.59. The second kappa shape index (κ2) is 8.11. The highest BCUT2D eigenvalue weighted by atomic mass is 32.1. The van der Waals surface area contributed by atoms with Crippen molar-refractivity contribution in [3.8, 4) is 5.75 Å². The third-order valence-corrected chi connectivity index (χ3v) is 8.47. The molecule has 3 aliphatic heterocycles. The molecule has 6 rings (SSSR count). The number of carbonyl (C=O) groups excluding carboxylic acids is 1. The molecule has 0 unspecified atom stereocenters. The van der Waals surface area contributed by atoms with Crippen molar-refractivity contribution in [2.75, 3.05) is 36.9 Å². The maximum absolute atomic E-state index is 13.0. The number of anilines is 2. The zero-order chi connectivity index (χ0) is 23.4. The predicted molar refractivity (Wildman–Crippen MR) is 134 cm³/mol. The highest BCUT2D eigenvalue weighted by Gasteiger charge is 2.47. The Bertz CT molecular complexity index is 1280. The number of nitrogens with one attached hydrogen (secondary N) is 1. The molecule has 9 heteroatoms. The number of amides is 1. The topological polar surface area (TPSA) is 116 Å². The van der Waals surface area contributed by atoms with E-state index in [1.165, 1.54) is 11.3 Å². The zero-order valence-corrected chi connectivity index (χ0v) is 20.0. The molecule has 34 heavy (non-hydrogen) atoms. The van der Waals surface area contributed by atoms with Crippen LogP contribution in [0, 0.1) is 6.92 Å². The number of rotatable bonds is 3. The van der Waals surface area contributed by atoms with Gasteiger partial charge in [0.05, 0.1) is 11.7 Å². The third-order valence-electron chi connectivity index (χ3n) is 7.35. The van der Waals surface area contributed by atoms with E-state index in [9.17, 15) is 4.79 Å². The van der Waals surface area contributed by atoms with E-state index in [1.807, 2.05) is 19.1 Å². The summed E-state index contributed by atoms with van der Waals surface area (Å²) in [5.74, 6) is 0.698. The van der Waals surface area contributed by atoms with Crippen molar-refractivity contribution in [1.29, 1.82) is 0 Å². The maximum atomic E-state index is 13.0. The van der Waals surface area contributed by atoms with Gasteiger partial charge < -0.3 is 31.2 Å². The molecule has 0 aliphatic carbocycles. The normalized spacial score (nSPS) is 26.1. The fraction of sp³-hybridized carbons (Fsp3) is 0.440. The second-order valence-electron chi connectivity index (χ2n) is 9.61. The van der Waals surface area contributed by atoms with Crippen molar-refractivity contribution < 1.29 is 14.3 Å². The lowest BCUT2D eigenvalue weighted by Gasteiger charge is -2.30. The summed E-state index contributed by atoms with van der Waals surface area (Å²) >= 11 is 1.33. The lowest BCUT2D eigenvalue weighted by molar-refractivity contribution is 0.0147. The number of hydrogen-bond donors (Lipinski definition) is 3. The Kier molecular flexibility index (Phi) is 5.16. The van der Waals surface area contributed by atoms with Gasteiger partial charge in [-0.2, -0.15) is 0 Å². The minimum Gasteiger partial charge on any atom is -0.491 e. The largest absolute Gasteiger partial charge is 0.491 e. The summed E-state index contributed by atoms with van der Waals surface area (Å²) in [6.45, 7) is 4.84. The molecule has 0 radical (unpaired) electrons. The Morgan fingerprint density at radius 2 is 2.21 bits per heavy atom. The van der Waals surface area contributed by atoms with Gasteiger partial charge >= 0.3 is 0 Å². The molecular weight excluding hydrogens is 450 g/mol. The van der Waals surface area contributed by atoms with E-state index in [-0.39, 0.29) is 23.6 Å². The maximum Gasteiger partial charge on any atom is 0.263 e. The molecule has 2 aromatic heterocycles. The molecule has 1 aromatic carbocycles. The number of benzene rings is 1. The molecule has 1 amide bonds. The lowest BCUT2D eigenvalue weighted by atomic mass is 9.94. The minimum atomic E-state index is -0.213. The van der Waals surface area contributed by atoms with E-state index in [4.69, 9.17) is 20.9 Å². The van der Waals surface area contributed by atoms with Crippen molar-refractivity contribution in [3.05, 3.63) is 46.5 Å². The minimum absolute atomic E-state index is 0.102. The monoisotopic (exact) mass is 479 g/mol. The molecule has 5 heterocycles. The molecule has 178 valence electrons. The Morgan fingerprint density at radius 1 is 1.32 bits per heavy atom. The van der Waals surface area contributed by atoms with Gasteiger partial charge in [0.25, 0.3) is 5.91 Å². The van der Waals surface area contributed by atoms with Gasteiger partial charge in [-0.3, -0.25) is 4.79 Å². The van der Waals surface area contributed by atoms with Crippen LogP contribution in [-0.2, 0) is 11.2 Å². The number of nitrogen functional groups attached to an aromatic ring is 1. The number of aryl methyl sites for hydroxylation is 1. The quantitative estimate of drug-likeness (QED) is 0.529. The summed E-state index contributed by atoms with van der Waals surface area (Å²) in [6, 6.07) is 10.1. The fourth-order valence-corrected chi connectivity index (χ4v) is 6.41. The number of nitrogens with two attached hydrogens (primary N) is 2. The summed E-state index contributed by atoms with van der Waals surface area (Å²) in [4.78, 5) is 21.1. The smallest absolute Gasteiger partial charge is 0.263 e. The molecule has 8 nitrogen and oxygen atoms in total. The number of hydrogen-bond acceptors (Lipinski definition) is 8. The average molecular weight is 480 g/mol. The number of aromatic nitrogens is 1. The van der Waals surface area contributed by atoms with E-state index < -0.39 is 0 Å². The molecule has 3 aromatic rings. The van der Waals surface area contributed by atoms with Gasteiger partial charge in [0.1, 0.15) is 27.7 Å². The van der Waals surface area contributed by atoms with Crippen molar-refractivity contribution in [1.82, 2.24) is 10.3 Å². The highest BCUT2D eigenvalue weighted by Crippen LogP contribution is 2.38. The van der Waals surface area contributed by atoms with E-state index >= 15 is 0 Å². The van der Waals surface area contributed by atoms with Crippen molar-refractivity contribution >= 4 is 38.8 Å². The highest BCUT2D eigenvalue weighted by molar-refractivity contribution is 7.21. The number of thiophene rings is 1. The molecule has 3 atom stereocenters. The van der Waals surface area contributed by atoms with Crippen molar-refractivity contribution in [2.45, 2.75) is 43.9 Å². The first-order valence-electron chi connectivity index (χ1n) is 11.8. The molecular formula is C25H29N5O3S. The van der Waals surface area contributed by atoms with Crippen LogP contribution < -0.4 is 26.4 Å². The van der Waals surface area contributed by atoms with Gasteiger partial charge in [0.15, 0.2) is 0 Å². The zero-order valence-electron chi connectivity index (χ0n) is 19.2. The molecule has 0 bridgehead atoms. The molecule has 2 saturated heterocycles. The van der Waals surface area contributed by atoms with Gasteiger partial charge in [-0.15, -0.1) is 11.3 Å². The number of nitrogens with zero attached hydrogens (tertiary/aromatic N) is 2. The van der Waals surface area contributed by atoms with Gasteiger partial charge in [-0.1, -0.05) is 6.07 Å². The van der Waals surface area contributed by atoms with Crippen LogP contribution in [0.1, 0.15) is 33.8 Å².